The molecule has 3 rings (SSSR count). The first kappa shape index (κ1) is 26.2. The van der Waals surface area contributed by atoms with E-state index in [1.807, 2.05) is 0 Å². The molecule has 1 aromatic heterocycles. The van der Waals surface area contributed by atoms with Crippen LogP contribution in [0.3, 0.4) is 0 Å². The van der Waals surface area contributed by atoms with E-state index in [0.717, 1.165) is 25.2 Å². The Labute approximate surface area is 203 Å². The third kappa shape index (κ3) is 6.36. The number of rotatable bonds is 7. The minimum atomic E-state index is -1.27. The monoisotopic (exact) mass is 511 g/mol. The molecule has 35 heavy (non-hydrogen) atoms. The second kappa shape index (κ2) is 10.9. The van der Waals surface area contributed by atoms with Gasteiger partial charge in [0.05, 0.1) is 4.70 Å². The minimum absolute atomic E-state index is 0.300. The Morgan fingerprint density at radius 3 is 2.26 bits per heavy atom. The molecule has 5 atom stereocenters. The highest BCUT2D eigenvalue weighted by molar-refractivity contribution is 7.16. The van der Waals surface area contributed by atoms with Crippen molar-refractivity contribution in [2.45, 2.75) is 65.3 Å². The number of benzene rings is 1. The smallest absolute Gasteiger partial charge is 0.396 e. The number of ether oxygens (including phenoxy) is 5. The first-order chi connectivity index (χ1) is 16.5. The summed E-state index contributed by atoms with van der Waals surface area (Å²) in [7, 11) is 0. The number of esters is 3. The number of fused-ring (bicyclic) bond motifs is 1. The molecule has 2 aromatic rings. The second-order valence-electron chi connectivity index (χ2n) is 7.81. The number of hydrogen-bond acceptors (Lipinski definition) is 12. The highest BCUT2D eigenvalue weighted by Crippen LogP contribution is 2.33. The number of hydrogen-bond donors (Lipinski definition) is 1. The molecule has 1 saturated heterocycles. The largest absolute Gasteiger partial charge is 0.463 e. The fraction of sp³-hybridized carbons (Fsp3) is 0.500. The van der Waals surface area contributed by atoms with Crippen molar-refractivity contribution in [1.82, 2.24) is 5.32 Å². The molecule has 1 fully saturated rings. The minimum Gasteiger partial charge on any atom is -0.463 e. The maximum atomic E-state index is 12.0. The third-order valence-corrected chi connectivity index (χ3v) is 5.97. The molecule has 0 saturated carbocycles. The quantitative estimate of drug-likeness (QED) is 0.421. The van der Waals surface area contributed by atoms with Crippen LogP contribution in [0.15, 0.2) is 21.3 Å². The van der Waals surface area contributed by atoms with Crippen LogP contribution < -0.4 is 15.0 Å². The summed E-state index contributed by atoms with van der Waals surface area (Å²) < 4.78 is 33.6. The summed E-state index contributed by atoms with van der Waals surface area (Å²) in [5, 5.41) is 2.63. The normalized spacial score (nSPS) is 23.9. The fourth-order valence-electron chi connectivity index (χ4n) is 3.69. The number of carbonyl (C=O) groups is 4. The molecule has 0 spiro atoms. The Balaban J connectivity index is 2.03. The zero-order valence-corrected chi connectivity index (χ0v) is 20.5. The summed E-state index contributed by atoms with van der Waals surface area (Å²) in [5.74, 6) is -2.23. The summed E-state index contributed by atoms with van der Waals surface area (Å²) in [6, 6.07) is 1.99. The van der Waals surface area contributed by atoms with Gasteiger partial charge in [0.15, 0.2) is 12.2 Å². The summed E-state index contributed by atoms with van der Waals surface area (Å²) in [4.78, 5) is 58.4. The van der Waals surface area contributed by atoms with E-state index < -0.39 is 59.4 Å². The van der Waals surface area contributed by atoms with E-state index in [-0.39, 0.29) is 6.61 Å². The van der Waals surface area contributed by atoms with Crippen LogP contribution in [-0.4, -0.2) is 61.1 Å². The van der Waals surface area contributed by atoms with Gasteiger partial charge >= 0.3 is 22.8 Å². The maximum Gasteiger partial charge on any atom is 0.396 e. The molecule has 190 valence electrons. The molecule has 0 aliphatic carbocycles. The molecule has 1 aliphatic heterocycles. The molecule has 1 aliphatic rings. The molecule has 2 heterocycles. The lowest BCUT2D eigenvalue weighted by Gasteiger charge is -2.44. The first-order valence-corrected chi connectivity index (χ1v) is 11.4. The first-order valence-electron chi connectivity index (χ1n) is 10.6. The van der Waals surface area contributed by atoms with E-state index >= 15 is 0 Å². The molecule has 0 bridgehead atoms. The predicted octanol–water partition coefficient (Wildman–Crippen LogP) is 1.20. The SMILES string of the molecule is CC(=O)N[C@@H]1[C@H](Oc2ccc3oc(=O)sc3c2C)O[C@H](COC(C)=O)[C@H](OC(C)=O)[C@H]1OC(C)=O. The highest BCUT2D eigenvalue weighted by atomic mass is 32.1. The van der Waals surface area contributed by atoms with E-state index in [9.17, 15) is 24.0 Å². The maximum absolute atomic E-state index is 12.0. The second-order valence-corrected chi connectivity index (χ2v) is 8.75. The van der Waals surface area contributed by atoms with Gasteiger partial charge in [-0.2, -0.15) is 0 Å². The van der Waals surface area contributed by atoms with Gasteiger partial charge in [0, 0.05) is 33.3 Å². The van der Waals surface area contributed by atoms with Crippen molar-refractivity contribution in [3.8, 4) is 5.75 Å². The van der Waals surface area contributed by atoms with Gasteiger partial charge in [-0.15, -0.1) is 0 Å². The number of nitrogens with one attached hydrogen (secondary N) is 1. The van der Waals surface area contributed by atoms with Gasteiger partial charge in [-0.3, -0.25) is 19.2 Å². The van der Waals surface area contributed by atoms with E-state index in [0.29, 0.717) is 21.6 Å². The lowest BCUT2D eigenvalue weighted by atomic mass is 9.96. The van der Waals surface area contributed by atoms with Crippen molar-refractivity contribution < 1.29 is 47.3 Å². The highest BCUT2D eigenvalue weighted by Gasteiger charge is 2.52. The van der Waals surface area contributed by atoms with Gasteiger partial charge in [0.2, 0.25) is 12.2 Å². The number of carbonyl (C=O) groups excluding carboxylic acids is 4. The average molecular weight is 512 g/mol. The summed E-state index contributed by atoms with van der Waals surface area (Å²) in [5.41, 5.74) is 0.958. The van der Waals surface area contributed by atoms with E-state index in [1.54, 1.807) is 19.1 Å². The van der Waals surface area contributed by atoms with Crippen molar-refractivity contribution in [1.29, 1.82) is 0 Å². The van der Waals surface area contributed by atoms with Gasteiger partial charge in [0.25, 0.3) is 0 Å². The van der Waals surface area contributed by atoms with E-state index in [1.165, 1.54) is 13.8 Å². The molecule has 12 nitrogen and oxygen atoms in total. The van der Waals surface area contributed by atoms with Crippen LogP contribution in [0.25, 0.3) is 10.3 Å². The molecule has 1 amide bonds. The van der Waals surface area contributed by atoms with Crippen molar-refractivity contribution >= 4 is 45.4 Å². The molecule has 13 heteroatoms. The Hall–Kier alpha value is -3.45. The third-order valence-electron chi connectivity index (χ3n) is 5.01. The zero-order valence-electron chi connectivity index (χ0n) is 19.6. The molecular weight excluding hydrogens is 486 g/mol. The van der Waals surface area contributed by atoms with Crippen molar-refractivity contribution in [2.75, 3.05) is 6.61 Å². The zero-order chi connectivity index (χ0) is 25.9. The number of amides is 1. The van der Waals surface area contributed by atoms with Gasteiger partial charge in [-0.05, 0) is 19.1 Å². The lowest BCUT2D eigenvalue weighted by Crippen LogP contribution is -2.67. The van der Waals surface area contributed by atoms with Crippen LogP contribution in [0.2, 0.25) is 0 Å². The van der Waals surface area contributed by atoms with Crippen LogP contribution in [0.5, 0.6) is 5.75 Å². The van der Waals surface area contributed by atoms with Gasteiger partial charge < -0.3 is 33.4 Å². The van der Waals surface area contributed by atoms with Crippen molar-refractivity contribution in [3.63, 3.8) is 0 Å². The predicted molar refractivity (Wildman–Crippen MR) is 120 cm³/mol. The summed E-state index contributed by atoms with van der Waals surface area (Å²) in [6.45, 7) is 6.10. The van der Waals surface area contributed by atoms with Crippen LogP contribution in [0, 0.1) is 6.92 Å². The van der Waals surface area contributed by atoms with Crippen LogP contribution >= 0.6 is 11.3 Å². The van der Waals surface area contributed by atoms with Gasteiger partial charge in [-0.1, -0.05) is 11.3 Å². The standard InChI is InChI=1S/C22H25NO11S/c1-9-14(6-7-15-20(9)35-22(28)34-15)32-21-17(23-10(2)24)19(31-13(5)27)18(30-12(4)26)16(33-21)8-29-11(3)25/h6-7,16-19,21H,8H2,1-5H3,(H,23,24)/t16-,17+,18+,19+,21-/m1/s1. The Bertz CT molecular complexity index is 1190. The molecule has 1 N–H and O–H groups in total. The molecular formula is C22H25NO11S. The fourth-order valence-corrected chi connectivity index (χ4v) is 4.46. The van der Waals surface area contributed by atoms with E-state index in [2.05, 4.69) is 5.32 Å². The van der Waals surface area contributed by atoms with Gasteiger partial charge in [0.1, 0.15) is 30.1 Å². The van der Waals surface area contributed by atoms with Crippen LogP contribution in [0.1, 0.15) is 33.3 Å². The Morgan fingerprint density at radius 2 is 1.66 bits per heavy atom. The van der Waals surface area contributed by atoms with Crippen LogP contribution in [-0.2, 0) is 38.1 Å². The molecule has 1 aromatic carbocycles. The summed E-state index contributed by atoms with van der Waals surface area (Å²) in [6.07, 6.45) is -4.84. The van der Waals surface area contributed by atoms with Crippen molar-refractivity contribution in [2.24, 2.45) is 0 Å². The Kier molecular flexibility index (Phi) is 8.12. The summed E-state index contributed by atoms with van der Waals surface area (Å²) >= 11 is 0.897. The van der Waals surface area contributed by atoms with Crippen LogP contribution in [0.4, 0.5) is 0 Å². The van der Waals surface area contributed by atoms with E-state index in [4.69, 9.17) is 28.1 Å². The Morgan fingerprint density at radius 1 is 1.00 bits per heavy atom. The molecule has 0 unspecified atom stereocenters. The van der Waals surface area contributed by atoms with Crippen molar-refractivity contribution in [3.05, 3.63) is 27.4 Å². The lowest BCUT2D eigenvalue weighted by molar-refractivity contribution is -0.257. The number of aryl methyl sites for hydroxylation is 1. The topological polar surface area (TPSA) is 157 Å². The van der Waals surface area contributed by atoms with Gasteiger partial charge in [-0.25, -0.2) is 4.79 Å². The molecule has 0 radical (unpaired) electrons. The average Bonchev–Trinajstić information content (AvgIpc) is 3.13.